The van der Waals surface area contributed by atoms with Crippen molar-refractivity contribution < 1.29 is 14.7 Å². The Labute approximate surface area is 217 Å². The lowest BCUT2D eigenvalue weighted by Crippen LogP contribution is -2.56. The molecule has 4 N–H and O–H groups in total. The smallest absolute Gasteiger partial charge is 0.335 e. The highest BCUT2D eigenvalue weighted by Crippen LogP contribution is 2.29. The van der Waals surface area contributed by atoms with E-state index < -0.39 is 15.9 Å². The summed E-state index contributed by atoms with van der Waals surface area (Å²) in [4.78, 5) is 23.6. The lowest BCUT2D eigenvalue weighted by Gasteiger charge is -2.27. The second kappa shape index (κ2) is 11.5. The van der Waals surface area contributed by atoms with E-state index in [1.807, 2.05) is 54.6 Å². The molecular formula is C24H20Cl3N3O3S. The molecule has 0 aliphatic heterocycles. The van der Waals surface area contributed by atoms with Gasteiger partial charge in [-0.3, -0.25) is 4.79 Å². The standard InChI is InChI=1S/C24H20Cl3N3O3S/c25-24(26,27)22(30-23(34)28-19-12-10-18(11-13-19)21(32)33)29-20(31)14-15-6-8-17(9-7-15)16-4-2-1-3-5-16/h1-13,22H,14H2,(H,29,31)(H,32,33)(H2,28,30,34). The predicted octanol–water partition coefficient (Wildman–Crippen LogP) is 5.39. The van der Waals surface area contributed by atoms with Gasteiger partial charge in [0, 0.05) is 5.69 Å². The van der Waals surface area contributed by atoms with Gasteiger partial charge in [0.25, 0.3) is 0 Å². The lowest BCUT2D eigenvalue weighted by molar-refractivity contribution is -0.121. The van der Waals surface area contributed by atoms with Crippen LogP contribution < -0.4 is 16.0 Å². The van der Waals surface area contributed by atoms with Gasteiger partial charge in [0.15, 0.2) is 5.11 Å². The van der Waals surface area contributed by atoms with Gasteiger partial charge in [0.1, 0.15) is 6.17 Å². The summed E-state index contributed by atoms with van der Waals surface area (Å²) in [6.45, 7) is 0. The Morgan fingerprint density at radius 3 is 2.00 bits per heavy atom. The zero-order valence-electron chi connectivity index (χ0n) is 17.6. The highest BCUT2D eigenvalue weighted by atomic mass is 35.6. The SMILES string of the molecule is O=C(Cc1ccc(-c2ccccc2)cc1)NC(NC(=S)Nc1ccc(C(=O)O)cc1)C(Cl)(Cl)Cl. The third-order valence-corrected chi connectivity index (χ3v) is 5.60. The van der Waals surface area contributed by atoms with Crippen molar-refractivity contribution in [3.63, 3.8) is 0 Å². The molecule has 1 unspecified atom stereocenters. The summed E-state index contributed by atoms with van der Waals surface area (Å²) in [7, 11) is 0. The predicted molar refractivity (Wildman–Crippen MR) is 141 cm³/mol. The first-order valence-electron chi connectivity index (χ1n) is 10.0. The van der Waals surface area contributed by atoms with Gasteiger partial charge in [-0.2, -0.15) is 0 Å². The molecule has 0 fully saturated rings. The Kier molecular flexibility index (Phi) is 8.74. The van der Waals surface area contributed by atoms with E-state index in [1.54, 1.807) is 12.1 Å². The molecule has 6 nitrogen and oxygen atoms in total. The van der Waals surface area contributed by atoms with E-state index in [1.165, 1.54) is 12.1 Å². The van der Waals surface area contributed by atoms with Crippen LogP contribution in [0, 0.1) is 0 Å². The summed E-state index contributed by atoms with van der Waals surface area (Å²) < 4.78 is -1.90. The number of carboxylic acid groups (broad SMARTS) is 1. The maximum absolute atomic E-state index is 12.6. The number of alkyl halides is 3. The zero-order valence-corrected chi connectivity index (χ0v) is 20.7. The van der Waals surface area contributed by atoms with Crippen LogP contribution in [0.25, 0.3) is 11.1 Å². The first-order valence-corrected chi connectivity index (χ1v) is 11.6. The van der Waals surface area contributed by atoms with Crippen LogP contribution in [0.3, 0.4) is 0 Å². The molecule has 1 amide bonds. The number of amides is 1. The van der Waals surface area contributed by atoms with Crippen molar-refractivity contribution in [2.75, 3.05) is 5.32 Å². The normalized spacial score (nSPS) is 11.9. The molecule has 0 saturated heterocycles. The zero-order chi connectivity index (χ0) is 24.7. The fourth-order valence-electron chi connectivity index (χ4n) is 3.04. The Bertz CT molecular complexity index is 1150. The van der Waals surface area contributed by atoms with E-state index in [0.29, 0.717) is 5.69 Å². The van der Waals surface area contributed by atoms with E-state index in [-0.39, 0.29) is 23.0 Å². The number of hydrogen-bond donors (Lipinski definition) is 4. The molecule has 1 atom stereocenters. The van der Waals surface area contributed by atoms with Crippen LogP contribution in [0.2, 0.25) is 0 Å². The van der Waals surface area contributed by atoms with Crippen LogP contribution in [-0.4, -0.2) is 32.1 Å². The third kappa shape index (κ3) is 7.60. The summed E-state index contributed by atoms with van der Waals surface area (Å²) in [6.07, 6.45) is -1.04. The van der Waals surface area contributed by atoms with E-state index in [9.17, 15) is 9.59 Å². The van der Waals surface area contributed by atoms with Crippen molar-refractivity contribution >= 4 is 69.7 Å². The number of carbonyl (C=O) groups excluding carboxylic acids is 1. The van der Waals surface area contributed by atoms with E-state index >= 15 is 0 Å². The second-order valence-corrected chi connectivity index (χ2v) is 10.0. The minimum absolute atomic E-state index is 0.0742. The number of carboxylic acids is 1. The Morgan fingerprint density at radius 2 is 1.44 bits per heavy atom. The molecule has 0 radical (unpaired) electrons. The summed E-state index contributed by atoms with van der Waals surface area (Å²) >= 11 is 23.4. The van der Waals surface area contributed by atoms with E-state index in [4.69, 9.17) is 52.1 Å². The molecule has 176 valence electrons. The van der Waals surface area contributed by atoms with E-state index in [0.717, 1.165) is 16.7 Å². The Morgan fingerprint density at radius 1 is 0.853 bits per heavy atom. The minimum atomic E-state index is -1.90. The number of carbonyl (C=O) groups is 2. The molecule has 0 spiro atoms. The molecule has 3 aromatic carbocycles. The van der Waals surface area contributed by atoms with Gasteiger partial charge >= 0.3 is 5.97 Å². The number of thiocarbonyl (C=S) groups is 1. The van der Waals surface area contributed by atoms with Gasteiger partial charge in [-0.1, -0.05) is 89.4 Å². The summed E-state index contributed by atoms with van der Waals surface area (Å²) in [6, 6.07) is 23.4. The molecule has 0 heterocycles. The molecule has 3 rings (SSSR count). The van der Waals surface area contributed by atoms with Gasteiger partial charge in [0.05, 0.1) is 12.0 Å². The van der Waals surface area contributed by atoms with Crippen molar-refractivity contribution in [2.24, 2.45) is 0 Å². The fraction of sp³-hybridized carbons (Fsp3) is 0.125. The summed E-state index contributed by atoms with van der Waals surface area (Å²) in [5.41, 5.74) is 3.57. The highest BCUT2D eigenvalue weighted by Gasteiger charge is 2.34. The average Bonchev–Trinajstić information content (AvgIpc) is 2.79. The Balaban J connectivity index is 1.59. The number of anilines is 1. The Hall–Kier alpha value is -2.84. The molecule has 0 bridgehead atoms. The van der Waals surface area contributed by atoms with Crippen LogP contribution in [0.1, 0.15) is 15.9 Å². The number of rotatable bonds is 7. The monoisotopic (exact) mass is 535 g/mol. The average molecular weight is 537 g/mol. The maximum Gasteiger partial charge on any atom is 0.335 e. The topological polar surface area (TPSA) is 90.5 Å². The molecule has 0 saturated carbocycles. The van der Waals surface area contributed by atoms with Crippen molar-refractivity contribution in [1.82, 2.24) is 10.6 Å². The van der Waals surface area contributed by atoms with Gasteiger partial charge in [-0.05, 0) is 53.2 Å². The van der Waals surface area contributed by atoms with Gasteiger partial charge in [0.2, 0.25) is 9.70 Å². The highest BCUT2D eigenvalue weighted by molar-refractivity contribution is 7.80. The van der Waals surface area contributed by atoms with Crippen molar-refractivity contribution in [2.45, 2.75) is 16.4 Å². The van der Waals surface area contributed by atoms with Crippen LogP contribution in [0.4, 0.5) is 5.69 Å². The molecule has 0 aliphatic carbocycles. The third-order valence-electron chi connectivity index (χ3n) is 4.72. The second-order valence-electron chi connectivity index (χ2n) is 7.26. The molecular weight excluding hydrogens is 517 g/mol. The van der Waals surface area contributed by atoms with Gasteiger partial charge in [-0.15, -0.1) is 0 Å². The van der Waals surface area contributed by atoms with Crippen LogP contribution in [0.15, 0.2) is 78.9 Å². The molecule has 3 aromatic rings. The number of halogens is 3. The number of hydrogen-bond acceptors (Lipinski definition) is 3. The fourth-order valence-corrected chi connectivity index (χ4v) is 3.60. The lowest BCUT2D eigenvalue weighted by atomic mass is 10.0. The number of aromatic carboxylic acids is 1. The molecule has 10 heteroatoms. The van der Waals surface area contributed by atoms with Crippen molar-refractivity contribution in [3.05, 3.63) is 90.0 Å². The van der Waals surface area contributed by atoms with Crippen LogP contribution in [0.5, 0.6) is 0 Å². The maximum atomic E-state index is 12.6. The van der Waals surface area contributed by atoms with Crippen molar-refractivity contribution in [3.8, 4) is 11.1 Å². The van der Waals surface area contributed by atoms with Gasteiger partial charge in [-0.25, -0.2) is 4.79 Å². The minimum Gasteiger partial charge on any atom is -0.478 e. The molecule has 34 heavy (non-hydrogen) atoms. The summed E-state index contributed by atoms with van der Waals surface area (Å²) in [5.74, 6) is -1.41. The first-order chi connectivity index (χ1) is 16.1. The largest absolute Gasteiger partial charge is 0.478 e. The number of benzene rings is 3. The van der Waals surface area contributed by atoms with Crippen LogP contribution >= 0.6 is 47.0 Å². The van der Waals surface area contributed by atoms with Crippen molar-refractivity contribution in [1.29, 1.82) is 0 Å². The molecule has 0 aliphatic rings. The summed E-state index contributed by atoms with van der Waals surface area (Å²) in [5, 5.41) is 17.3. The quantitative estimate of drug-likeness (QED) is 0.184. The first kappa shape index (κ1) is 25.8. The number of nitrogens with one attached hydrogen (secondary N) is 3. The van der Waals surface area contributed by atoms with E-state index in [2.05, 4.69) is 16.0 Å². The van der Waals surface area contributed by atoms with Crippen LogP contribution in [-0.2, 0) is 11.2 Å². The van der Waals surface area contributed by atoms with Gasteiger partial charge < -0.3 is 21.1 Å². The molecule has 0 aromatic heterocycles.